The van der Waals surface area contributed by atoms with E-state index in [4.69, 9.17) is 9.47 Å². The Labute approximate surface area is 132 Å². The van der Waals surface area contributed by atoms with Crippen molar-refractivity contribution in [2.24, 2.45) is 0 Å². The van der Waals surface area contributed by atoms with E-state index in [-0.39, 0.29) is 30.7 Å². The summed E-state index contributed by atoms with van der Waals surface area (Å²) in [6.07, 6.45) is -4.18. The van der Waals surface area contributed by atoms with Gasteiger partial charge < -0.3 is 24.3 Å². The second-order valence-electron chi connectivity index (χ2n) is 4.84. The number of alkyl halides is 3. The third kappa shape index (κ3) is 3.74. The van der Waals surface area contributed by atoms with Crippen LogP contribution in [0.4, 0.5) is 19.0 Å². The van der Waals surface area contributed by atoms with Crippen molar-refractivity contribution >= 4 is 5.82 Å². The van der Waals surface area contributed by atoms with Gasteiger partial charge >= 0.3 is 18.2 Å². The van der Waals surface area contributed by atoms with Crippen LogP contribution in [0.1, 0.15) is 5.56 Å². The van der Waals surface area contributed by atoms with E-state index in [1.165, 1.54) is 35.0 Å². The Bertz CT molecular complexity index is 721. The Morgan fingerprint density at radius 3 is 2.67 bits per heavy atom. The van der Waals surface area contributed by atoms with Gasteiger partial charge in [0.15, 0.2) is 0 Å². The number of hydrogen-bond donors (Lipinski definition) is 0. The lowest BCUT2D eigenvalue weighted by Crippen LogP contribution is -2.19. The molecule has 24 heavy (non-hydrogen) atoms. The fourth-order valence-electron chi connectivity index (χ4n) is 2.08. The highest BCUT2D eigenvalue weighted by atomic mass is 19.4. The average molecular weight is 345 g/mol. The second kappa shape index (κ2) is 6.00. The summed E-state index contributed by atoms with van der Waals surface area (Å²) in [6.45, 7) is 0.315. The first-order valence-electron chi connectivity index (χ1n) is 6.65. The second-order valence-corrected chi connectivity index (χ2v) is 4.84. The van der Waals surface area contributed by atoms with E-state index in [2.05, 4.69) is 9.72 Å². The quantitative estimate of drug-likeness (QED) is 0.611. The predicted octanol–water partition coefficient (Wildman–Crippen LogP) is 2.63. The molecule has 0 spiro atoms. The molecule has 1 aliphatic rings. The van der Waals surface area contributed by atoms with Crippen LogP contribution in [0.15, 0.2) is 30.5 Å². The number of ether oxygens (including phenoxy) is 3. The van der Waals surface area contributed by atoms with E-state index >= 15 is 0 Å². The van der Waals surface area contributed by atoms with Crippen molar-refractivity contribution in [3.63, 3.8) is 0 Å². The van der Waals surface area contributed by atoms with Gasteiger partial charge in [0.25, 0.3) is 0 Å². The molecule has 0 aliphatic carbocycles. The van der Waals surface area contributed by atoms with Crippen LogP contribution >= 0.6 is 0 Å². The van der Waals surface area contributed by atoms with E-state index in [0.717, 1.165) is 0 Å². The highest BCUT2D eigenvalue weighted by Crippen LogP contribution is 2.26. The van der Waals surface area contributed by atoms with Crippen molar-refractivity contribution in [3.8, 4) is 11.8 Å². The number of nitro groups is 1. The number of aromatic nitrogens is 2. The number of fused-ring (bicyclic) bond motifs is 1. The van der Waals surface area contributed by atoms with Crippen LogP contribution in [0.2, 0.25) is 0 Å². The Morgan fingerprint density at radius 2 is 2.08 bits per heavy atom. The van der Waals surface area contributed by atoms with Gasteiger partial charge in [0.1, 0.15) is 11.9 Å². The van der Waals surface area contributed by atoms with E-state index in [1.54, 1.807) is 0 Å². The van der Waals surface area contributed by atoms with E-state index in [1.807, 2.05) is 0 Å². The Morgan fingerprint density at radius 1 is 1.38 bits per heavy atom. The summed E-state index contributed by atoms with van der Waals surface area (Å²) in [5.41, 5.74) is 0.614. The lowest BCUT2D eigenvalue weighted by atomic mass is 10.2. The summed E-state index contributed by atoms with van der Waals surface area (Å²) in [5.74, 6) is -0.639. The minimum atomic E-state index is -4.74. The van der Waals surface area contributed by atoms with Gasteiger partial charge in [-0.3, -0.25) is 4.57 Å². The van der Waals surface area contributed by atoms with Gasteiger partial charge in [-0.2, -0.15) is 0 Å². The standard InChI is InChI=1S/C13H10F3N3O5/c14-13(15,16)24-9-3-1-8(2-4-9)7-22-11-6-18-5-10(19(20)21)17-12(18)23-11/h1-5,11H,6-7H2/t11-/m0/s1. The van der Waals surface area contributed by atoms with Crippen LogP contribution in [-0.4, -0.2) is 27.1 Å². The molecule has 0 amide bonds. The summed E-state index contributed by atoms with van der Waals surface area (Å²) in [7, 11) is 0. The van der Waals surface area contributed by atoms with Crippen molar-refractivity contribution in [1.82, 2.24) is 9.55 Å². The van der Waals surface area contributed by atoms with E-state index in [9.17, 15) is 23.3 Å². The molecule has 2 aromatic rings. The number of hydrogen-bond acceptors (Lipinski definition) is 6. The highest BCUT2D eigenvalue weighted by Gasteiger charge is 2.32. The summed E-state index contributed by atoms with van der Waals surface area (Å²) < 4.78 is 52.1. The first-order chi connectivity index (χ1) is 11.3. The molecule has 1 aromatic carbocycles. The Kier molecular flexibility index (Phi) is 4.01. The molecule has 0 saturated heterocycles. The number of benzene rings is 1. The van der Waals surface area contributed by atoms with Crippen molar-refractivity contribution < 1.29 is 32.3 Å². The molecule has 0 unspecified atom stereocenters. The lowest BCUT2D eigenvalue weighted by Gasteiger charge is -2.11. The van der Waals surface area contributed by atoms with Crippen LogP contribution in [0.3, 0.4) is 0 Å². The molecule has 8 nitrogen and oxygen atoms in total. The highest BCUT2D eigenvalue weighted by molar-refractivity contribution is 5.27. The zero-order valence-electron chi connectivity index (χ0n) is 11.9. The molecule has 1 atom stereocenters. The predicted molar refractivity (Wildman–Crippen MR) is 71.2 cm³/mol. The van der Waals surface area contributed by atoms with Gasteiger partial charge in [-0.05, 0) is 22.6 Å². The maximum absolute atomic E-state index is 12.1. The van der Waals surface area contributed by atoms with E-state index < -0.39 is 17.6 Å². The van der Waals surface area contributed by atoms with Gasteiger partial charge in [-0.1, -0.05) is 12.1 Å². The van der Waals surface area contributed by atoms with E-state index in [0.29, 0.717) is 5.56 Å². The van der Waals surface area contributed by atoms with Gasteiger partial charge in [-0.25, -0.2) is 0 Å². The average Bonchev–Trinajstić information content (AvgIpc) is 3.03. The van der Waals surface area contributed by atoms with Crippen molar-refractivity contribution in [1.29, 1.82) is 0 Å². The maximum atomic E-state index is 12.1. The maximum Gasteiger partial charge on any atom is 0.573 e. The first-order valence-corrected chi connectivity index (χ1v) is 6.65. The molecule has 0 radical (unpaired) electrons. The third-order valence-electron chi connectivity index (χ3n) is 3.09. The largest absolute Gasteiger partial charge is 0.573 e. The van der Waals surface area contributed by atoms with Crippen LogP contribution in [0.5, 0.6) is 11.8 Å². The van der Waals surface area contributed by atoms with Crippen molar-refractivity contribution in [2.75, 3.05) is 0 Å². The molecular formula is C13H10F3N3O5. The van der Waals surface area contributed by atoms with Gasteiger partial charge in [-0.15, -0.1) is 13.2 Å². The number of rotatable bonds is 5. The zero-order chi connectivity index (χ0) is 17.3. The number of nitrogens with zero attached hydrogens (tertiary/aromatic N) is 3. The molecule has 2 heterocycles. The minimum Gasteiger partial charge on any atom is -0.414 e. The molecule has 11 heteroatoms. The monoisotopic (exact) mass is 345 g/mol. The van der Waals surface area contributed by atoms with Gasteiger partial charge in [0.2, 0.25) is 6.29 Å². The summed E-state index contributed by atoms with van der Waals surface area (Å²) in [6, 6.07) is 5.30. The summed E-state index contributed by atoms with van der Waals surface area (Å²) in [5, 5.41) is 10.6. The minimum absolute atomic E-state index is 0.0839. The molecule has 3 rings (SSSR count). The SMILES string of the molecule is O=[N+]([O-])c1cn2c(n1)O[C@H](OCc1ccc(OC(F)(F)F)cc1)C2. The van der Waals surface area contributed by atoms with Crippen LogP contribution in [0.25, 0.3) is 0 Å². The molecule has 1 aliphatic heterocycles. The Balaban J connectivity index is 1.52. The Hall–Kier alpha value is -2.82. The summed E-state index contributed by atoms with van der Waals surface area (Å²) in [4.78, 5) is 13.6. The van der Waals surface area contributed by atoms with Crippen LogP contribution < -0.4 is 9.47 Å². The molecule has 0 bridgehead atoms. The van der Waals surface area contributed by atoms with Gasteiger partial charge in [0, 0.05) is 4.98 Å². The number of imidazole rings is 1. The third-order valence-corrected chi connectivity index (χ3v) is 3.09. The van der Waals surface area contributed by atoms with Crippen molar-refractivity contribution in [3.05, 3.63) is 46.1 Å². The molecule has 0 N–H and O–H groups in total. The van der Waals surface area contributed by atoms with Crippen molar-refractivity contribution in [2.45, 2.75) is 25.8 Å². The smallest absolute Gasteiger partial charge is 0.414 e. The molecular weight excluding hydrogens is 335 g/mol. The first kappa shape index (κ1) is 16.1. The molecule has 0 saturated carbocycles. The fourth-order valence-corrected chi connectivity index (χ4v) is 2.08. The molecule has 0 fully saturated rings. The van der Waals surface area contributed by atoms with Gasteiger partial charge in [0.05, 0.1) is 13.2 Å². The number of halogens is 3. The lowest BCUT2D eigenvalue weighted by molar-refractivity contribution is -0.389. The molecule has 1 aromatic heterocycles. The zero-order valence-corrected chi connectivity index (χ0v) is 11.9. The summed E-state index contributed by atoms with van der Waals surface area (Å²) >= 11 is 0. The fraction of sp³-hybridized carbons (Fsp3) is 0.308. The van der Waals surface area contributed by atoms with Crippen LogP contribution in [-0.2, 0) is 17.9 Å². The topological polar surface area (TPSA) is 88.7 Å². The van der Waals surface area contributed by atoms with Crippen LogP contribution in [0, 0.1) is 10.1 Å². The normalized spacial score (nSPS) is 16.5. The molecule has 128 valence electrons.